The van der Waals surface area contributed by atoms with E-state index in [2.05, 4.69) is 126 Å². The van der Waals surface area contributed by atoms with Crippen molar-refractivity contribution in [1.29, 1.82) is 15.8 Å². The molecule has 0 radical (unpaired) electrons. The minimum absolute atomic E-state index is 0.143. The molecule has 0 amide bonds. The highest BCUT2D eigenvalue weighted by atomic mass is 15.2. The normalized spacial score (nSPS) is 22.9. The lowest BCUT2D eigenvalue weighted by molar-refractivity contribution is 0.530. The molecule has 4 aromatic rings. The van der Waals surface area contributed by atoms with Crippen molar-refractivity contribution in [2.24, 2.45) is 5.92 Å². The number of para-hydroxylation sites is 1. The molecule has 4 atom stereocenters. The van der Waals surface area contributed by atoms with Crippen molar-refractivity contribution in [3.8, 4) is 23.9 Å². The van der Waals surface area contributed by atoms with Gasteiger partial charge in [0.15, 0.2) is 0 Å². The summed E-state index contributed by atoms with van der Waals surface area (Å²) in [5, 5.41) is 30.9. The van der Waals surface area contributed by atoms with Crippen LogP contribution in [0.1, 0.15) is 66.1 Å². The number of allylic oxidation sites excluding steroid dienone is 10. The number of benzene rings is 3. The summed E-state index contributed by atoms with van der Waals surface area (Å²) < 4.78 is 2.28. The maximum Gasteiger partial charge on any atom is 0.0992 e. The fourth-order valence-corrected chi connectivity index (χ4v) is 8.65. The number of nitriles is 3. The second-order valence-corrected chi connectivity index (χ2v) is 14.0. The first-order chi connectivity index (χ1) is 25.4. The van der Waals surface area contributed by atoms with Crippen LogP contribution in [-0.4, -0.2) is 10.6 Å². The molecule has 4 aliphatic rings. The van der Waals surface area contributed by atoms with Crippen LogP contribution in [0.3, 0.4) is 0 Å². The molecule has 250 valence electrons. The molecule has 0 saturated carbocycles. The Hall–Kier alpha value is -6.61. The second kappa shape index (κ2) is 12.9. The monoisotopic (exact) mass is 671 g/mol. The van der Waals surface area contributed by atoms with Crippen molar-refractivity contribution in [3.63, 3.8) is 0 Å². The standard InChI is InChI=1S/C47H37N5/c1-4-9-42-38(5-2)40-11-6-7-12-43(40)52(42)45-27-32(29-49)13-23-39(45)35-17-15-33(16-18-35)34-19-21-37(22-20-34)51-44-24-14-31(28-48)26-41(44)47(3)25-8-10-36(30-50)46(47)51/h4-17,19,21-27,34-35,46H,2,18,20H2,1,3H3/b9-4-. The zero-order chi connectivity index (χ0) is 36.0. The Bertz CT molecular complexity index is 2520. The lowest BCUT2D eigenvalue weighted by atomic mass is 9.73. The number of hydrogen-bond acceptors (Lipinski definition) is 4. The lowest BCUT2D eigenvalue weighted by Gasteiger charge is -2.37. The van der Waals surface area contributed by atoms with E-state index in [1.165, 1.54) is 11.1 Å². The van der Waals surface area contributed by atoms with Crippen LogP contribution in [0.4, 0.5) is 5.69 Å². The highest BCUT2D eigenvalue weighted by molar-refractivity contribution is 5.95. The van der Waals surface area contributed by atoms with E-state index in [1.807, 2.05) is 55.5 Å². The minimum atomic E-state index is -0.421. The largest absolute Gasteiger partial charge is 0.332 e. The average Bonchev–Trinajstić information content (AvgIpc) is 3.65. The van der Waals surface area contributed by atoms with Gasteiger partial charge in [-0.05, 0) is 98.0 Å². The Balaban J connectivity index is 1.09. The van der Waals surface area contributed by atoms with Gasteiger partial charge >= 0.3 is 0 Å². The summed E-state index contributed by atoms with van der Waals surface area (Å²) in [6, 6.07) is 27.3. The van der Waals surface area contributed by atoms with Crippen molar-refractivity contribution >= 4 is 28.7 Å². The van der Waals surface area contributed by atoms with Crippen LogP contribution < -0.4 is 4.90 Å². The van der Waals surface area contributed by atoms with Gasteiger partial charge in [0.05, 0.1) is 57.8 Å². The fraction of sp³-hybridized carbons (Fsp3) is 0.170. The fourth-order valence-electron chi connectivity index (χ4n) is 8.65. The molecule has 1 aliphatic heterocycles. The topological polar surface area (TPSA) is 79.5 Å². The minimum Gasteiger partial charge on any atom is -0.332 e. The van der Waals surface area contributed by atoms with Gasteiger partial charge in [-0.3, -0.25) is 0 Å². The third-order valence-corrected chi connectivity index (χ3v) is 11.1. The maximum absolute atomic E-state index is 10.2. The van der Waals surface area contributed by atoms with E-state index in [0.717, 1.165) is 57.6 Å². The Kier molecular flexibility index (Phi) is 8.10. The van der Waals surface area contributed by atoms with Crippen LogP contribution in [-0.2, 0) is 5.41 Å². The molecule has 5 nitrogen and oxygen atoms in total. The summed E-state index contributed by atoms with van der Waals surface area (Å²) in [5.74, 6) is 0.377. The molecule has 8 rings (SSSR count). The molecule has 2 heterocycles. The summed E-state index contributed by atoms with van der Waals surface area (Å²) in [6.45, 7) is 8.33. The molecule has 3 aliphatic carbocycles. The Morgan fingerprint density at radius 2 is 1.63 bits per heavy atom. The Labute approximate surface area is 305 Å². The molecular formula is C47H37N5. The maximum atomic E-state index is 10.2. The molecule has 0 fully saturated rings. The number of anilines is 1. The first-order valence-corrected chi connectivity index (χ1v) is 17.8. The van der Waals surface area contributed by atoms with E-state index >= 15 is 0 Å². The zero-order valence-electron chi connectivity index (χ0n) is 29.3. The highest BCUT2D eigenvalue weighted by Crippen LogP contribution is 2.52. The first kappa shape index (κ1) is 32.6. The van der Waals surface area contributed by atoms with Crippen molar-refractivity contribution in [2.75, 3.05) is 4.90 Å². The van der Waals surface area contributed by atoms with Crippen molar-refractivity contribution in [1.82, 2.24) is 4.57 Å². The molecule has 5 heteroatoms. The first-order valence-electron chi connectivity index (χ1n) is 17.8. The molecule has 4 unspecified atom stereocenters. The second-order valence-electron chi connectivity index (χ2n) is 14.0. The molecular weight excluding hydrogens is 635 g/mol. The molecule has 0 N–H and O–H groups in total. The number of rotatable bonds is 6. The molecule has 0 bridgehead atoms. The lowest BCUT2D eigenvalue weighted by Crippen LogP contribution is -2.44. The molecule has 0 spiro atoms. The smallest absolute Gasteiger partial charge is 0.0992 e. The third kappa shape index (κ3) is 5.04. The van der Waals surface area contributed by atoms with E-state index in [-0.39, 0.29) is 17.9 Å². The van der Waals surface area contributed by atoms with E-state index < -0.39 is 5.41 Å². The van der Waals surface area contributed by atoms with Gasteiger partial charge in [-0.2, -0.15) is 15.8 Å². The van der Waals surface area contributed by atoms with Gasteiger partial charge in [0.2, 0.25) is 0 Å². The molecule has 0 saturated heterocycles. The van der Waals surface area contributed by atoms with Gasteiger partial charge < -0.3 is 9.47 Å². The van der Waals surface area contributed by atoms with Gasteiger partial charge in [0, 0.05) is 39.6 Å². The van der Waals surface area contributed by atoms with Crippen molar-refractivity contribution in [2.45, 2.75) is 44.1 Å². The number of hydrogen-bond donors (Lipinski definition) is 0. The van der Waals surface area contributed by atoms with Gasteiger partial charge in [0.25, 0.3) is 0 Å². The predicted molar refractivity (Wildman–Crippen MR) is 210 cm³/mol. The van der Waals surface area contributed by atoms with Crippen LogP contribution in [0.25, 0.3) is 28.7 Å². The number of aromatic nitrogens is 1. The zero-order valence-corrected chi connectivity index (χ0v) is 29.3. The SMILES string of the molecule is C=Cc1c(/C=C\C)n(-c2cc(C#N)ccc2C2C=CC(C3C=CC(N4c5ccc(C#N)cc5C5(C)C=CC=C(C#N)C45)=CC3)=CC2)c2ccccc12. The third-order valence-electron chi connectivity index (χ3n) is 11.1. The van der Waals surface area contributed by atoms with Crippen LogP contribution in [0.2, 0.25) is 0 Å². The highest BCUT2D eigenvalue weighted by Gasteiger charge is 2.50. The van der Waals surface area contributed by atoms with Crippen LogP contribution in [0.15, 0.2) is 145 Å². The summed E-state index contributed by atoms with van der Waals surface area (Å²) >= 11 is 0. The Morgan fingerprint density at radius 1 is 0.865 bits per heavy atom. The number of fused-ring (bicyclic) bond motifs is 4. The average molecular weight is 672 g/mol. The predicted octanol–water partition coefficient (Wildman–Crippen LogP) is 10.6. The van der Waals surface area contributed by atoms with Gasteiger partial charge in [0.1, 0.15) is 0 Å². The summed E-state index contributed by atoms with van der Waals surface area (Å²) in [6.07, 6.45) is 27.6. The van der Waals surface area contributed by atoms with Crippen LogP contribution in [0, 0.1) is 39.9 Å². The molecule has 1 aromatic heterocycles. The van der Waals surface area contributed by atoms with Gasteiger partial charge in [-0.15, -0.1) is 0 Å². The van der Waals surface area contributed by atoms with E-state index in [1.54, 1.807) is 0 Å². The molecule has 3 aromatic carbocycles. The Morgan fingerprint density at radius 3 is 2.35 bits per heavy atom. The van der Waals surface area contributed by atoms with E-state index in [0.29, 0.717) is 16.7 Å². The van der Waals surface area contributed by atoms with Gasteiger partial charge in [-0.25, -0.2) is 0 Å². The van der Waals surface area contributed by atoms with Gasteiger partial charge in [-0.1, -0.05) is 85.5 Å². The summed E-state index contributed by atoms with van der Waals surface area (Å²) in [4.78, 5) is 2.29. The van der Waals surface area contributed by atoms with Crippen LogP contribution >= 0.6 is 0 Å². The number of nitrogens with zero attached hydrogens (tertiary/aromatic N) is 5. The quantitative estimate of drug-likeness (QED) is 0.204. The van der Waals surface area contributed by atoms with E-state index in [9.17, 15) is 15.8 Å². The van der Waals surface area contributed by atoms with E-state index in [4.69, 9.17) is 0 Å². The summed E-state index contributed by atoms with van der Waals surface area (Å²) in [5.41, 5.74) is 11.4. The summed E-state index contributed by atoms with van der Waals surface area (Å²) in [7, 11) is 0. The van der Waals surface area contributed by atoms with Crippen molar-refractivity contribution < 1.29 is 0 Å². The molecule has 52 heavy (non-hydrogen) atoms. The van der Waals surface area contributed by atoms with Crippen LogP contribution in [0.5, 0.6) is 0 Å². The van der Waals surface area contributed by atoms with Crippen molar-refractivity contribution in [3.05, 3.63) is 178 Å².